The Morgan fingerprint density at radius 1 is 1.36 bits per heavy atom. The van der Waals surface area contributed by atoms with Gasteiger partial charge in [0, 0.05) is 44.3 Å². The van der Waals surface area contributed by atoms with Crippen LogP contribution in [-0.4, -0.2) is 52.4 Å². The van der Waals surface area contributed by atoms with E-state index in [1.54, 1.807) is 6.20 Å². The molecular weight excluding hydrogens is 278 g/mol. The lowest BCUT2D eigenvalue weighted by Gasteiger charge is -2.37. The number of ether oxygens (including phenoxy) is 1. The number of aromatic nitrogens is 3. The highest BCUT2D eigenvalue weighted by atomic mass is 16.5. The molecule has 1 fully saturated rings. The van der Waals surface area contributed by atoms with E-state index in [-0.39, 0.29) is 6.10 Å². The molecule has 6 heteroatoms. The number of anilines is 1. The Morgan fingerprint density at radius 2 is 2.27 bits per heavy atom. The van der Waals surface area contributed by atoms with Gasteiger partial charge in [-0.3, -0.25) is 9.88 Å². The van der Waals surface area contributed by atoms with Crippen LogP contribution in [-0.2, 0) is 4.74 Å². The molecule has 0 spiro atoms. The van der Waals surface area contributed by atoms with Crippen molar-refractivity contribution in [2.45, 2.75) is 19.1 Å². The Hall–Kier alpha value is -2.05. The largest absolute Gasteiger partial charge is 0.374 e. The fraction of sp³-hybridized carbons (Fsp3) is 0.438. The van der Waals surface area contributed by atoms with Crippen LogP contribution in [0.15, 0.2) is 42.9 Å². The highest BCUT2D eigenvalue weighted by Crippen LogP contribution is 2.21. The third-order valence-electron chi connectivity index (χ3n) is 3.97. The standard InChI is InChI=1S/C16H21N5O/c1-13(14-4-2-6-17-10-14)21-8-9-22-15(12-21)11-18-16-5-3-7-19-20-16/h2-7,10,13,15H,8-9,11-12H2,1H3,(H,18,20)/t13-,15-/m1/s1. The van der Waals surface area contributed by atoms with E-state index in [0.29, 0.717) is 6.04 Å². The van der Waals surface area contributed by atoms with Crippen LogP contribution >= 0.6 is 0 Å². The lowest BCUT2D eigenvalue weighted by Crippen LogP contribution is -2.46. The van der Waals surface area contributed by atoms with E-state index >= 15 is 0 Å². The number of nitrogens with zero attached hydrogens (tertiary/aromatic N) is 4. The number of pyridine rings is 1. The summed E-state index contributed by atoms with van der Waals surface area (Å²) in [7, 11) is 0. The van der Waals surface area contributed by atoms with Gasteiger partial charge in [0.1, 0.15) is 5.82 Å². The Balaban J connectivity index is 1.55. The van der Waals surface area contributed by atoms with E-state index in [4.69, 9.17) is 4.74 Å². The molecule has 3 heterocycles. The molecule has 1 saturated heterocycles. The first-order chi connectivity index (χ1) is 10.8. The molecule has 6 nitrogen and oxygen atoms in total. The van der Waals surface area contributed by atoms with Gasteiger partial charge >= 0.3 is 0 Å². The normalized spacial score (nSPS) is 20.5. The maximum absolute atomic E-state index is 5.85. The number of hydrogen-bond acceptors (Lipinski definition) is 6. The summed E-state index contributed by atoms with van der Waals surface area (Å²) >= 11 is 0. The summed E-state index contributed by atoms with van der Waals surface area (Å²) in [4.78, 5) is 6.64. The summed E-state index contributed by atoms with van der Waals surface area (Å²) in [5, 5.41) is 11.2. The second-order valence-electron chi connectivity index (χ2n) is 5.44. The molecule has 0 radical (unpaired) electrons. The van der Waals surface area contributed by atoms with Crippen molar-refractivity contribution in [2.75, 3.05) is 31.6 Å². The number of nitrogens with one attached hydrogen (secondary N) is 1. The number of hydrogen-bond donors (Lipinski definition) is 1. The quantitative estimate of drug-likeness (QED) is 0.907. The lowest BCUT2D eigenvalue weighted by molar-refractivity contribution is -0.0346. The molecule has 0 amide bonds. The monoisotopic (exact) mass is 299 g/mol. The summed E-state index contributed by atoms with van der Waals surface area (Å²) < 4.78 is 5.85. The van der Waals surface area contributed by atoms with Crippen LogP contribution in [0.5, 0.6) is 0 Å². The first kappa shape index (κ1) is 14.9. The molecule has 2 aromatic rings. The van der Waals surface area contributed by atoms with Crippen LogP contribution in [0.2, 0.25) is 0 Å². The van der Waals surface area contributed by atoms with E-state index in [0.717, 1.165) is 32.1 Å². The van der Waals surface area contributed by atoms with Crippen LogP contribution in [0.25, 0.3) is 0 Å². The number of morpholine rings is 1. The van der Waals surface area contributed by atoms with E-state index in [2.05, 4.69) is 38.4 Å². The van der Waals surface area contributed by atoms with Gasteiger partial charge in [0.25, 0.3) is 0 Å². The van der Waals surface area contributed by atoms with E-state index in [1.165, 1.54) is 5.56 Å². The topological polar surface area (TPSA) is 63.2 Å². The maximum Gasteiger partial charge on any atom is 0.148 e. The predicted octanol–water partition coefficient (Wildman–Crippen LogP) is 1.75. The van der Waals surface area contributed by atoms with Gasteiger partial charge in [-0.15, -0.1) is 5.10 Å². The molecule has 2 aromatic heterocycles. The van der Waals surface area contributed by atoms with E-state index in [1.807, 2.05) is 30.6 Å². The van der Waals surface area contributed by atoms with Gasteiger partial charge in [0.05, 0.1) is 12.7 Å². The smallest absolute Gasteiger partial charge is 0.148 e. The molecule has 0 bridgehead atoms. The zero-order chi connectivity index (χ0) is 15.2. The molecule has 3 rings (SSSR count). The van der Waals surface area contributed by atoms with Gasteiger partial charge in [-0.1, -0.05) is 6.07 Å². The minimum atomic E-state index is 0.148. The third-order valence-corrected chi connectivity index (χ3v) is 3.97. The molecule has 116 valence electrons. The Bertz CT molecular complexity index is 565. The average Bonchev–Trinajstić information content (AvgIpc) is 2.61. The fourth-order valence-corrected chi connectivity index (χ4v) is 2.67. The van der Waals surface area contributed by atoms with Crippen molar-refractivity contribution < 1.29 is 4.74 Å². The Kier molecular flexibility index (Phi) is 4.92. The van der Waals surface area contributed by atoms with Crippen LogP contribution in [0.1, 0.15) is 18.5 Å². The molecule has 0 saturated carbocycles. The molecule has 1 N–H and O–H groups in total. The minimum absolute atomic E-state index is 0.148. The highest BCUT2D eigenvalue weighted by Gasteiger charge is 2.24. The van der Waals surface area contributed by atoms with Gasteiger partial charge in [0.2, 0.25) is 0 Å². The predicted molar refractivity (Wildman–Crippen MR) is 84.5 cm³/mol. The molecule has 22 heavy (non-hydrogen) atoms. The van der Waals surface area contributed by atoms with Crippen molar-refractivity contribution in [1.29, 1.82) is 0 Å². The van der Waals surface area contributed by atoms with Gasteiger partial charge in [-0.2, -0.15) is 5.10 Å². The van der Waals surface area contributed by atoms with Crippen molar-refractivity contribution >= 4 is 5.82 Å². The fourth-order valence-electron chi connectivity index (χ4n) is 2.67. The SMILES string of the molecule is C[C@H](c1cccnc1)N1CCO[C@H](CNc2cccnn2)C1. The van der Waals surface area contributed by atoms with Gasteiger partial charge in [-0.25, -0.2) is 0 Å². The highest BCUT2D eigenvalue weighted by molar-refractivity contribution is 5.31. The molecule has 1 aliphatic heterocycles. The summed E-state index contributed by atoms with van der Waals surface area (Å²) in [6.07, 6.45) is 5.56. The van der Waals surface area contributed by atoms with Crippen LogP contribution < -0.4 is 5.32 Å². The van der Waals surface area contributed by atoms with Crippen molar-refractivity contribution in [3.63, 3.8) is 0 Å². The first-order valence-corrected chi connectivity index (χ1v) is 7.60. The summed E-state index contributed by atoms with van der Waals surface area (Å²) in [6, 6.07) is 8.23. The second-order valence-corrected chi connectivity index (χ2v) is 5.44. The summed E-state index contributed by atoms with van der Waals surface area (Å²) in [5.74, 6) is 0.781. The van der Waals surface area contributed by atoms with Crippen molar-refractivity contribution in [3.8, 4) is 0 Å². The van der Waals surface area contributed by atoms with E-state index in [9.17, 15) is 0 Å². The molecular formula is C16H21N5O. The van der Waals surface area contributed by atoms with Gasteiger partial charge in [0.15, 0.2) is 0 Å². The average molecular weight is 299 g/mol. The minimum Gasteiger partial charge on any atom is -0.374 e. The first-order valence-electron chi connectivity index (χ1n) is 7.60. The molecule has 1 aliphatic rings. The zero-order valence-corrected chi connectivity index (χ0v) is 12.7. The van der Waals surface area contributed by atoms with Crippen LogP contribution in [0.4, 0.5) is 5.82 Å². The maximum atomic E-state index is 5.85. The number of rotatable bonds is 5. The van der Waals surface area contributed by atoms with Crippen LogP contribution in [0.3, 0.4) is 0 Å². The zero-order valence-electron chi connectivity index (χ0n) is 12.7. The van der Waals surface area contributed by atoms with Crippen molar-refractivity contribution in [2.24, 2.45) is 0 Å². The second kappa shape index (κ2) is 7.29. The molecule has 0 aliphatic carbocycles. The molecule has 2 atom stereocenters. The lowest BCUT2D eigenvalue weighted by atomic mass is 10.1. The Morgan fingerprint density at radius 3 is 3.05 bits per heavy atom. The van der Waals surface area contributed by atoms with Crippen molar-refractivity contribution in [3.05, 3.63) is 48.4 Å². The van der Waals surface area contributed by atoms with E-state index < -0.39 is 0 Å². The molecule has 0 aromatic carbocycles. The summed E-state index contributed by atoms with van der Waals surface area (Å²) in [5.41, 5.74) is 1.24. The van der Waals surface area contributed by atoms with Gasteiger partial charge in [-0.05, 0) is 30.7 Å². The third kappa shape index (κ3) is 3.78. The van der Waals surface area contributed by atoms with Gasteiger partial charge < -0.3 is 10.1 Å². The molecule has 0 unspecified atom stereocenters. The summed E-state index contributed by atoms with van der Waals surface area (Å²) in [6.45, 7) is 5.53. The Labute approximate surface area is 130 Å². The van der Waals surface area contributed by atoms with Crippen molar-refractivity contribution in [1.82, 2.24) is 20.1 Å². The van der Waals surface area contributed by atoms with Crippen LogP contribution in [0, 0.1) is 0 Å².